The number of amides is 2. The van der Waals surface area contributed by atoms with Crippen molar-refractivity contribution in [3.63, 3.8) is 0 Å². The lowest BCUT2D eigenvalue weighted by Gasteiger charge is -2.29. The zero-order chi connectivity index (χ0) is 17.1. The molecular formula is C18H19FN2O3. The predicted octanol–water partition coefficient (Wildman–Crippen LogP) is 3.44. The van der Waals surface area contributed by atoms with Gasteiger partial charge in [-0.05, 0) is 30.7 Å². The molecule has 0 fully saturated rings. The number of halogens is 1. The van der Waals surface area contributed by atoms with E-state index < -0.39 is 11.8 Å². The maximum Gasteiger partial charge on any atom is 0.321 e. The number of benzene rings is 2. The number of ether oxygens (including phenoxy) is 2. The van der Waals surface area contributed by atoms with Gasteiger partial charge < -0.3 is 19.7 Å². The summed E-state index contributed by atoms with van der Waals surface area (Å²) in [5, 5.41) is 2.58. The van der Waals surface area contributed by atoms with Gasteiger partial charge in [-0.25, -0.2) is 9.18 Å². The quantitative estimate of drug-likeness (QED) is 0.938. The molecule has 1 unspecified atom stereocenters. The van der Waals surface area contributed by atoms with Crippen molar-refractivity contribution in [2.45, 2.75) is 13.0 Å². The molecule has 1 N–H and O–H groups in total. The van der Waals surface area contributed by atoms with Crippen LogP contribution in [0.2, 0.25) is 0 Å². The van der Waals surface area contributed by atoms with Crippen LogP contribution in [0, 0.1) is 12.7 Å². The van der Waals surface area contributed by atoms with E-state index in [1.165, 1.54) is 11.0 Å². The number of hydrogen-bond donors (Lipinski definition) is 1. The van der Waals surface area contributed by atoms with Crippen LogP contribution >= 0.6 is 0 Å². The van der Waals surface area contributed by atoms with Gasteiger partial charge in [0.2, 0.25) is 0 Å². The summed E-state index contributed by atoms with van der Waals surface area (Å²) in [6.07, 6.45) is -0.280. The second-order valence-electron chi connectivity index (χ2n) is 5.74. The molecule has 24 heavy (non-hydrogen) atoms. The van der Waals surface area contributed by atoms with Gasteiger partial charge in [-0.2, -0.15) is 0 Å². The number of nitrogens with zero attached hydrogens (tertiary/aromatic N) is 1. The fourth-order valence-electron chi connectivity index (χ4n) is 2.50. The van der Waals surface area contributed by atoms with Crippen molar-refractivity contribution in [2.24, 2.45) is 0 Å². The molecule has 1 aliphatic heterocycles. The highest BCUT2D eigenvalue weighted by molar-refractivity contribution is 5.89. The Morgan fingerprint density at radius 2 is 2.00 bits per heavy atom. The van der Waals surface area contributed by atoms with Crippen LogP contribution < -0.4 is 14.8 Å². The van der Waals surface area contributed by atoms with Crippen LogP contribution in [0.4, 0.5) is 14.9 Å². The number of hydrogen-bond acceptors (Lipinski definition) is 3. The highest BCUT2D eigenvalue weighted by Gasteiger charge is 2.24. The normalized spacial score (nSPS) is 15.7. The molecule has 0 aromatic heterocycles. The van der Waals surface area contributed by atoms with Gasteiger partial charge in [0.15, 0.2) is 17.6 Å². The lowest BCUT2D eigenvalue weighted by atomic mass is 10.2. The number of carbonyl (C=O) groups is 1. The number of rotatable bonds is 3. The minimum absolute atomic E-state index is 0.165. The Bertz CT molecular complexity index is 751. The summed E-state index contributed by atoms with van der Waals surface area (Å²) in [4.78, 5) is 13.7. The molecule has 3 rings (SSSR count). The molecule has 2 aromatic carbocycles. The molecule has 6 heteroatoms. The first kappa shape index (κ1) is 16.1. The standard InChI is InChI=1S/C18H19FN2O3/c1-12-6-5-7-14(17(12)19)20-18(22)21(2)10-13-11-23-15-8-3-4-9-16(15)24-13/h3-9,13H,10-11H2,1-2H3,(H,20,22). The summed E-state index contributed by atoms with van der Waals surface area (Å²) in [5.74, 6) is 0.931. The lowest BCUT2D eigenvalue weighted by Crippen LogP contribution is -2.43. The Kier molecular flexibility index (Phi) is 4.55. The zero-order valence-electron chi connectivity index (χ0n) is 13.6. The molecule has 0 aliphatic carbocycles. The summed E-state index contributed by atoms with van der Waals surface area (Å²) in [6, 6.07) is 11.9. The van der Waals surface area contributed by atoms with Gasteiger partial charge in [0, 0.05) is 7.05 Å². The third-order valence-electron chi connectivity index (χ3n) is 3.83. The summed E-state index contributed by atoms with van der Waals surface area (Å²) in [5.41, 5.74) is 0.647. The molecule has 5 nitrogen and oxygen atoms in total. The van der Waals surface area contributed by atoms with Crippen molar-refractivity contribution in [3.05, 3.63) is 53.8 Å². The number of nitrogens with one attached hydrogen (secondary N) is 1. The Morgan fingerprint density at radius 1 is 1.25 bits per heavy atom. The highest BCUT2D eigenvalue weighted by Crippen LogP contribution is 2.31. The van der Waals surface area contributed by atoms with E-state index in [0.717, 1.165) is 0 Å². The first-order valence-electron chi connectivity index (χ1n) is 7.70. The first-order valence-corrected chi connectivity index (χ1v) is 7.70. The molecule has 1 aliphatic rings. The van der Waals surface area contributed by atoms with E-state index >= 15 is 0 Å². The Balaban J connectivity index is 1.60. The second-order valence-corrected chi connectivity index (χ2v) is 5.74. The van der Waals surface area contributed by atoms with Gasteiger partial charge in [0.05, 0.1) is 12.2 Å². The highest BCUT2D eigenvalue weighted by atomic mass is 19.1. The van der Waals surface area contributed by atoms with E-state index in [1.54, 1.807) is 26.1 Å². The van der Waals surface area contributed by atoms with Gasteiger partial charge in [0.25, 0.3) is 0 Å². The summed E-state index contributed by atoms with van der Waals surface area (Å²) < 4.78 is 25.4. The first-order chi connectivity index (χ1) is 11.5. The zero-order valence-corrected chi connectivity index (χ0v) is 13.6. The van der Waals surface area contributed by atoms with Crippen molar-refractivity contribution in [1.82, 2.24) is 4.90 Å². The molecule has 0 saturated heterocycles. The molecule has 0 saturated carbocycles. The SMILES string of the molecule is Cc1cccc(NC(=O)N(C)CC2COc3ccccc3O2)c1F. The molecule has 0 bridgehead atoms. The van der Waals surface area contributed by atoms with E-state index in [1.807, 2.05) is 24.3 Å². The van der Waals surface area contributed by atoms with Gasteiger partial charge in [-0.1, -0.05) is 24.3 Å². The number of urea groups is 1. The fraction of sp³-hybridized carbons (Fsp3) is 0.278. The average Bonchev–Trinajstić information content (AvgIpc) is 2.58. The lowest BCUT2D eigenvalue weighted by molar-refractivity contribution is 0.0731. The van der Waals surface area contributed by atoms with Crippen LogP contribution in [0.15, 0.2) is 42.5 Å². The van der Waals surface area contributed by atoms with Crippen molar-refractivity contribution in [2.75, 3.05) is 25.5 Å². The number of aryl methyl sites for hydroxylation is 1. The molecule has 0 spiro atoms. The minimum atomic E-state index is -0.426. The molecule has 1 heterocycles. The molecule has 1 atom stereocenters. The van der Waals surface area contributed by atoms with Crippen molar-refractivity contribution >= 4 is 11.7 Å². The number of likely N-dealkylation sites (N-methyl/N-ethyl adjacent to an activating group) is 1. The third-order valence-corrected chi connectivity index (χ3v) is 3.83. The van der Waals surface area contributed by atoms with Crippen LogP contribution in [0.3, 0.4) is 0 Å². The predicted molar refractivity (Wildman–Crippen MR) is 89.1 cm³/mol. The van der Waals surface area contributed by atoms with Crippen molar-refractivity contribution in [1.29, 1.82) is 0 Å². The maximum absolute atomic E-state index is 14.0. The topological polar surface area (TPSA) is 50.8 Å². The smallest absolute Gasteiger partial charge is 0.321 e. The number of fused-ring (bicyclic) bond motifs is 1. The maximum atomic E-state index is 14.0. The van der Waals surface area contributed by atoms with E-state index in [2.05, 4.69) is 5.32 Å². The van der Waals surface area contributed by atoms with Crippen molar-refractivity contribution < 1.29 is 18.7 Å². The minimum Gasteiger partial charge on any atom is -0.486 e. The van der Waals surface area contributed by atoms with Crippen LogP contribution in [0.5, 0.6) is 11.5 Å². The summed E-state index contributed by atoms with van der Waals surface area (Å²) in [6.45, 7) is 2.33. The summed E-state index contributed by atoms with van der Waals surface area (Å²) >= 11 is 0. The molecule has 2 aromatic rings. The van der Waals surface area contributed by atoms with Gasteiger partial charge in [-0.3, -0.25) is 0 Å². The van der Waals surface area contributed by atoms with E-state index in [0.29, 0.717) is 30.2 Å². The molecule has 2 amide bonds. The number of carbonyl (C=O) groups excluding carboxylic acids is 1. The van der Waals surface area contributed by atoms with Crippen LogP contribution in [0.25, 0.3) is 0 Å². The van der Waals surface area contributed by atoms with Crippen LogP contribution in [0.1, 0.15) is 5.56 Å². The molecule has 126 valence electrons. The number of anilines is 1. The van der Waals surface area contributed by atoms with E-state index in [4.69, 9.17) is 9.47 Å². The molecule has 0 radical (unpaired) electrons. The van der Waals surface area contributed by atoms with Gasteiger partial charge >= 0.3 is 6.03 Å². The Hall–Kier alpha value is -2.76. The van der Waals surface area contributed by atoms with Crippen LogP contribution in [-0.2, 0) is 0 Å². The second kappa shape index (κ2) is 6.78. The van der Waals surface area contributed by atoms with Crippen molar-refractivity contribution in [3.8, 4) is 11.5 Å². The fourth-order valence-corrected chi connectivity index (χ4v) is 2.50. The monoisotopic (exact) mass is 330 g/mol. The third kappa shape index (κ3) is 3.42. The largest absolute Gasteiger partial charge is 0.486 e. The number of para-hydroxylation sites is 2. The van der Waals surface area contributed by atoms with Crippen LogP contribution in [-0.4, -0.2) is 37.2 Å². The Labute approximate surface area is 140 Å². The Morgan fingerprint density at radius 3 is 2.79 bits per heavy atom. The van der Waals surface area contributed by atoms with E-state index in [9.17, 15) is 9.18 Å². The van der Waals surface area contributed by atoms with E-state index in [-0.39, 0.29) is 11.8 Å². The molecular weight excluding hydrogens is 311 g/mol. The average molecular weight is 330 g/mol. The van der Waals surface area contributed by atoms with Gasteiger partial charge in [0.1, 0.15) is 12.4 Å². The van der Waals surface area contributed by atoms with Gasteiger partial charge in [-0.15, -0.1) is 0 Å². The summed E-state index contributed by atoms with van der Waals surface area (Å²) in [7, 11) is 1.63.